The van der Waals surface area contributed by atoms with Gasteiger partial charge < -0.3 is 10.1 Å². The van der Waals surface area contributed by atoms with Gasteiger partial charge in [-0.2, -0.15) is 0 Å². The van der Waals surface area contributed by atoms with Gasteiger partial charge in [0.05, 0.1) is 10.1 Å². The van der Waals surface area contributed by atoms with Gasteiger partial charge in [-0.05, 0) is 30.5 Å². The molecule has 1 amide bonds. The molecule has 2 rings (SSSR count). The van der Waals surface area contributed by atoms with Crippen LogP contribution in [0, 0.1) is 5.92 Å². The first kappa shape index (κ1) is 18.2. The van der Waals surface area contributed by atoms with Gasteiger partial charge in [0.25, 0.3) is 5.91 Å². The molecular formula is C17H23NO3S2. The fourth-order valence-corrected chi connectivity index (χ4v) is 4.92. The fourth-order valence-electron chi connectivity index (χ4n) is 2.06. The van der Waals surface area contributed by atoms with E-state index in [0.29, 0.717) is 22.6 Å². The standard InChI is InChI=1S/C17H23NO3S2/c1-11(2)10-18-15(19)12(3)21-16(20)13-4-6-14(7-5-13)17-22-8-9-23-17/h4-7,11-12,17H,8-10H2,1-3H3,(H,18,19)/t12-/m1/s1. The van der Waals surface area contributed by atoms with E-state index in [2.05, 4.69) is 5.32 Å². The zero-order chi connectivity index (χ0) is 16.8. The number of esters is 1. The van der Waals surface area contributed by atoms with Crippen molar-refractivity contribution in [1.29, 1.82) is 0 Å². The topological polar surface area (TPSA) is 55.4 Å². The molecule has 0 bridgehead atoms. The Kier molecular flexibility index (Phi) is 6.84. The number of benzene rings is 1. The van der Waals surface area contributed by atoms with E-state index in [1.165, 1.54) is 17.1 Å². The van der Waals surface area contributed by atoms with Crippen LogP contribution in [0.15, 0.2) is 24.3 Å². The van der Waals surface area contributed by atoms with Gasteiger partial charge in [-0.3, -0.25) is 4.79 Å². The van der Waals surface area contributed by atoms with Gasteiger partial charge in [-0.15, -0.1) is 23.5 Å². The van der Waals surface area contributed by atoms with Crippen molar-refractivity contribution in [1.82, 2.24) is 5.32 Å². The maximum Gasteiger partial charge on any atom is 0.338 e. The molecule has 1 aromatic rings. The summed E-state index contributed by atoms with van der Waals surface area (Å²) in [5.74, 6) is 1.98. The van der Waals surface area contributed by atoms with Crippen molar-refractivity contribution >= 4 is 35.4 Å². The van der Waals surface area contributed by atoms with E-state index in [0.717, 1.165) is 0 Å². The molecule has 126 valence electrons. The molecule has 1 atom stereocenters. The highest BCUT2D eigenvalue weighted by Gasteiger charge is 2.21. The van der Waals surface area contributed by atoms with E-state index in [-0.39, 0.29) is 5.91 Å². The van der Waals surface area contributed by atoms with Crippen LogP contribution in [0.1, 0.15) is 41.3 Å². The zero-order valence-corrected chi connectivity index (χ0v) is 15.3. The molecule has 4 nitrogen and oxygen atoms in total. The number of nitrogens with one attached hydrogen (secondary N) is 1. The number of ether oxygens (including phenoxy) is 1. The summed E-state index contributed by atoms with van der Waals surface area (Å²) in [6.45, 7) is 6.19. The molecule has 1 aliphatic heterocycles. The van der Waals surface area contributed by atoms with Crippen molar-refractivity contribution in [3.63, 3.8) is 0 Å². The first-order valence-electron chi connectivity index (χ1n) is 7.79. The molecule has 0 saturated carbocycles. The minimum atomic E-state index is -0.790. The van der Waals surface area contributed by atoms with Crippen molar-refractivity contribution in [3.05, 3.63) is 35.4 Å². The molecule has 1 saturated heterocycles. The monoisotopic (exact) mass is 353 g/mol. The molecular weight excluding hydrogens is 330 g/mol. The van der Waals surface area contributed by atoms with Crippen molar-refractivity contribution in [2.24, 2.45) is 5.92 Å². The predicted octanol–water partition coefficient (Wildman–Crippen LogP) is 3.48. The van der Waals surface area contributed by atoms with Gasteiger partial charge in [0, 0.05) is 18.1 Å². The second-order valence-corrected chi connectivity index (χ2v) is 8.61. The Bertz CT molecular complexity index is 539. The van der Waals surface area contributed by atoms with Crippen LogP contribution in [0.2, 0.25) is 0 Å². The highest BCUT2D eigenvalue weighted by atomic mass is 32.2. The summed E-state index contributed by atoms with van der Waals surface area (Å²) in [6.07, 6.45) is -0.790. The Morgan fingerprint density at radius 2 is 1.78 bits per heavy atom. The summed E-state index contributed by atoms with van der Waals surface area (Å²) in [6, 6.07) is 7.48. The molecule has 0 radical (unpaired) electrons. The van der Waals surface area contributed by atoms with Crippen LogP contribution < -0.4 is 5.32 Å². The van der Waals surface area contributed by atoms with Gasteiger partial charge >= 0.3 is 5.97 Å². The number of rotatable bonds is 6. The third-order valence-corrected chi connectivity index (χ3v) is 6.48. The molecule has 0 aromatic heterocycles. The maximum absolute atomic E-state index is 12.1. The first-order chi connectivity index (χ1) is 11.0. The summed E-state index contributed by atoms with van der Waals surface area (Å²) in [4.78, 5) is 24.0. The molecule has 1 fully saturated rings. The van der Waals surface area contributed by atoms with E-state index in [4.69, 9.17) is 4.74 Å². The summed E-state index contributed by atoms with van der Waals surface area (Å²) in [7, 11) is 0. The van der Waals surface area contributed by atoms with E-state index < -0.39 is 12.1 Å². The molecule has 1 N–H and O–H groups in total. The van der Waals surface area contributed by atoms with Gasteiger partial charge in [0.2, 0.25) is 0 Å². The van der Waals surface area contributed by atoms with Gasteiger partial charge in [0.1, 0.15) is 0 Å². The van der Waals surface area contributed by atoms with Gasteiger partial charge in [0.15, 0.2) is 6.10 Å². The molecule has 1 aromatic carbocycles. The van der Waals surface area contributed by atoms with Crippen LogP contribution in [-0.2, 0) is 9.53 Å². The third-order valence-electron chi connectivity index (χ3n) is 3.38. The van der Waals surface area contributed by atoms with E-state index in [1.54, 1.807) is 19.1 Å². The number of thioether (sulfide) groups is 2. The molecule has 1 heterocycles. The average molecular weight is 354 g/mol. The molecule has 0 aliphatic carbocycles. The lowest BCUT2D eigenvalue weighted by atomic mass is 10.1. The van der Waals surface area contributed by atoms with Crippen LogP contribution >= 0.6 is 23.5 Å². The van der Waals surface area contributed by atoms with E-state index in [1.807, 2.05) is 49.5 Å². The van der Waals surface area contributed by atoms with Gasteiger partial charge in [-0.1, -0.05) is 26.0 Å². The Morgan fingerprint density at radius 1 is 1.17 bits per heavy atom. The van der Waals surface area contributed by atoms with E-state index in [9.17, 15) is 9.59 Å². The van der Waals surface area contributed by atoms with Crippen LogP contribution in [0.25, 0.3) is 0 Å². The minimum absolute atomic E-state index is 0.262. The third kappa shape index (κ3) is 5.46. The predicted molar refractivity (Wildman–Crippen MR) is 96.8 cm³/mol. The zero-order valence-electron chi connectivity index (χ0n) is 13.7. The summed E-state index contributed by atoms with van der Waals surface area (Å²) in [5.41, 5.74) is 1.70. The van der Waals surface area contributed by atoms with Gasteiger partial charge in [-0.25, -0.2) is 4.79 Å². The van der Waals surface area contributed by atoms with Crippen molar-refractivity contribution in [3.8, 4) is 0 Å². The van der Waals surface area contributed by atoms with Crippen molar-refractivity contribution in [2.75, 3.05) is 18.1 Å². The number of amides is 1. The van der Waals surface area contributed by atoms with Crippen LogP contribution in [0.3, 0.4) is 0 Å². The molecule has 0 unspecified atom stereocenters. The SMILES string of the molecule is CC(C)CNC(=O)[C@@H](C)OC(=O)c1ccc(C2SCCS2)cc1. The number of carbonyl (C=O) groups is 2. The quantitative estimate of drug-likeness (QED) is 0.794. The highest BCUT2D eigenvalue weighted by Crippen LogP contribution is 2.45. The van der Waals surface area contributed by atoms with E-state index >= 15 is 0 Å². The fraction of sp³-hybridized carbons (Fsp3) is 0.529. The van der Waals surface area contributed by atoms with Crippen molar-refractivity contribution < 1.29 is 14.3 Å². The van der Waals surface area contributed by atoms with Crippen LogP contribution in [-0.4, -0.2) is 36.0 Å². The molecule has 0 spiro atoms. The van der Waals surface area contributed by atoms with Crippen LogP contribution in [0.5, 0.6) is 0 Å². The Labute approximate surface area is 146 Å². The Morgan fingerprint density at radius 3 is 2.35 bits per heavy atom. The lowest BCUT2D eigenvalue weighted by molar-refractivity contribution is -0.129. The minimum Gasteiger partial charge on any atom is -0.449 e. The second-order valence-electron chi connectivity index (χ2n) is 5.88. The highest BCUT2D eigenvalue weighted by molar-refractivity contribution is 8.19. The first-order valence-corrected chi connectivity index (χ1v) is 9.89. The van der Waals surface area contributed by atoms with Crippen molar-refractivity contribution in [2.45, 2.75) is 31.5 Å². The molecule has 1 aliphatic rings. The van der Waals surface area contributed by atoms with Crippen LogP contribution in [0.4, 0.5) is 0 Å². The maximum atomic E-state index is 12.1. The number of hydrogen-bond donors (Lipinski definition) is 1. The summed E-state index contributed by atoms with van der Waals surface area (Å²) >= 11 is 3.85. The number of carbonyl (C=O) groups excluding carboxylic acids is 2. The second kappa shape index (κ2) is 8.64. The Hall–Kier alpha value is -1.14. The Balaban J connectivity index is 1.88. The molecule has 23 heavy (non-hydrogen) atoms. The summed E-state index contributed by atoms with van der Waals surface area (Å²) in [5, 5.41) is 2.76. The average Bonchev–Trinajstić information content (AvgIpc) is 3.07. The largest absolute Gasteiger partial charge is 0.449 e. The number of hydrogen-bond acceptors (Lipinski definition) is 5. The lowest BCUT2D eigenvalue weighted by Crippen LogP contribution is -2.37. The smallest absolute Gasteiger partial charge is 0.338 e. The lowest BCUT2D eigenvalue weighted by Gasteiger charge is -2.15. The normalized spacial score (nSPS) is 16.3. The molecule has 6 heteroatoms. The summed E-state index contributed by atoms with van der Waals surface area (Å²) < 4.78 is 5.69.